The standard InChI is InChI=1S/C18H18O4/c1-11(8-10-16(19)20)7-9-13-12(2)17(21)14-5-3-4-6-15(14)18(13)22/h3-7H,8-10H2,1-2H3,(H,19,20)/p-1/b11-7+. The number of carbonyl (C=O) groups excluding carboxylic acids is 3. The highest BCUT2D eigenvalue weighted by atomic mass is 16.4. The second-order valence-corrected chi connectivity index (χ2v) is 5.43. The first kappa shape index (κ1) is 15.9. The summed E-state index contributed by atoms with van der Waals surface area (Å²) in [6.45, 7) is 3.47. The molecule has 0 bridgehead atoms. The Morgan fingerprint density at radius 2 is 1.68 bits per heavy atom. The minimum absolute atomic E-state index is 0.0456. The molecule has 0 fully saturated rings. The highest BCUT2D eigenvalue weighted by Crippen LogP contribution is 2.28. The van der Waals surface area contributed by atoms with Crippen molar-refractivity contribution in [2.24, 2.45) is 0 Å². The Hall–Kier alpha value is -2.49. The van der Waals surface area contributed by atoms with Gasteiger partial charge in [-0.05, 0) is 33.1 Å². The van der Waals surface area contributed by atoms with Crippen LogP contribution in [0.15, 0.2) is 47.1 Å². The first-order valence-electron chi connectivity index (χ1n) is 7.15. The smallest absolute Gasteiger partial charge is 0.190 e. The van der Waals surface area contributed by atoms with Gasteiger partial charge in [0.15, 0.2) is 11.6 Å². The molecule has 0 amide bonds. The lowest BCUT2D eigenvalue weighted by Gasteiger charge is -2.18. The molecule has 4 heteroatoms. The fraction of sp³-hybridized carbons (Fsp3) is 0.278. The van der Waals surface area contributed by atoms with Gasteiger partial charge in [-0.2, -0.15) is 0 Å². The van der Waals surface area contributed by atoms with Crippen molar-refractivity contribution in [3.63, 3.8) is 0 Å². The minimum atomic E-state index is -1.10. The zero-order valence-electron chi connectivity index (χ0n) is 12.6. The van der Waals surface area contributed by atoms with E-state index in [9.17, 15) is 19.5 Å². The van der Waals surface area contributed by atoms with Gasteiger partial charge in [-0.25, -0.2) is 0 Å². The van der Waals surface area contributed by atoms with Gasteiger partial charge in [0.05, 0.1) is 0 Å². The van der Waals surface area contributed by atoms with Gasteiger partial charge in [0.1, 0.15) is 0 Å². The zero-order chi connectivity index (χ0) is 16.3. The molecule has 4 nitrogen and oxygen atoms in total. The van der Waals surface area contributed by atoms with Crippen molar-refractivity contribution in [2.45, 2.75) is 33.1 Å². The second-order valence-electron chi connectivity index (χ2n) is 5.43. The van der Waals surface area contributed by atoms with Crippen LogP contribution in [0.4, 0.5) is 0 Å². The van der Waals surface area contributed by atoms with Crippen molar-refractivity contribution in [3.05, 3.63) is 58.2 Å². The Morgan fingerprint density at radius 1 is 1.09 bits per heavy atom. The number of benzene rings is 1. The number of ketones is 2. The highest BCUT2D eigenvalue weighted by molar-refractivity contribution is 6.26. The predicted octanol–water partition coefficient (Wildman–Crippen LogP) is 2.25. The van der Waals surface area contributed by atoms with E-state index in [1.165, 1.54) is 0 Å². The number of carbonyl (C=O) groups is 3. The van der Waals surface area contributed by atoms with Crippen LogP contribution in [0.2, 0.25) is 0 Å². The second kappa shape index (κ2) is 6.52. The van der Waals surface area contributed by atoms with Gasteiger partial charge in [0, 0.05) is 28.2 Å². The lowest BCUT2D eigenvalue weighted by atomic mass is 9.83. The zero-order valence-corrected chi connectivity index (χ0v) is 12.6. The number of hydrogen-bond acceptors (Lipinski definition) is 4. The van der Waals surface area contributed by atoms with E-state index in [4.69, 9.17) is 0 Å². The molecule has 1 aromatic rings. The molecule has 0 aliphatic heterocycles. The molecule has 1 aliphatic rings. The first-order valence-corrected chi connectivity index (χ1v) is 7.15. The summed E-state index contributed by atoms with van der Waals surface area (Å²) in [5, 5.41) is 10.4. The molecule has 0 heterocycles. The van der Waals surface area contributed by atoms with E-state index in [1.54, 1.807) is 37.3 Å². The maximum absolute atomic E-state index is 12.5. The third-order valence-electron chi connectivity index (χ3n) is 3.86. The summed E-state index contributed by atoms with van der Waals surface area (Å²) in [6.07, 6.45) is 2.48. The first-order chi connectivity index (χ1) is 10.4. The van der Waals surface area contributed by atoms with Crippen LogP contribution in [0.5, 0.6) is 0 Å². The van der Waals surface area contributed by atoms with E-state index in [-0.39, 0.29) is 18.0 Å². The number of rotatable bonds is 5. The topological polar surface area (TPSA) is 74.3 Å². The SMILES string of the molecule is CC1=C(C/C=C(\C)CCC(=O)[O-])C(=O)c2ccccc2C1=O. The van der Waals surface area contributed by atoms with Crippen molar-refractivity contribution >= 4 is 17.5 Å². The number of carboxylic acid groups (broad SMARTS) is 1. The fourth-order valence-electron chi connectivity index (χ4n) is 2.47. The van der Waals surface area contributed by atoms with Crippen molar-refractivity contribution < 1.29 is 19.5 Å². The Labute approximate surface area is 129 Å². The molecule has 0 radical (unpaired) electrons. The molecule has 114 valence electrons. The van der Waals surface area contributed by atoms with Gasteiger partial charge in [-0.1, -0.05) is 35.9 Å². The third-order valence-corrected chi connectivity index (χ3v) is 3.86. The molecular weight excluding hydrogens is 280 g/mol. The average Bonchev–Trinajstić information content (AvgIpc) is 2.50. The van der Waals surface area contributed by atoms with Crippen LogP contribution >= 0.6 is 0 Å². The normalized spacial score (nSPS) is 15.1. The summed E-state index contributed by atoms with van der Waals surface area (Å²) in [5.41, 5.74) is 2.70. The molecular formula is C18H17O4-. The lowest BCUT2D eigenvalue weighted by Crippen LogP contribution is -2.21. The third kappa shape index (κ3) is 3.22. The molecule has 22 heavy (non-hydrogen) atoms. The van der Waals surface area contributed by atoms with Crippen molar-refractivity contribution in [1.82, 2.24) is 0 Å². The van der Waals surface area contributed by atoms with Crippen LogP contribution in [-0.2, 0) is 4.79 Å². The van der Waals surface area contributed by atoms with Crippen LogP contribution in [0.3, 0.4) is 0 Å². The van der Waals surface area contributed by atoms with Crippen LogP contribution in [0, 0.1) is 0 Å². The number of hydrogen-bond donors (Lipinski definition) is 0. The largest absolute Gasteiger partial charge is 0.550 e. The summed E-state index contributed by atoms with van der Waals surface area (Å²) in [4.78, 5) is 35.3. The Morgan fingerprint density at radius 3 is 2.27 bits per heavy atom. The van der Waals surface area contributed by atoms with Crippen LogP contribution < -0.4 is 5.11 Å². The number of Topliss-reactive ketones (excluding diaryl/α,β-unsaturated/α-hetero) is 2. The van der Waals surface area contributed by atoms with E-state index >= 15 is 0 Å². The van der Waals surface area contributed by atoms with E-state index in [2.05, 4.69) is 0 Å². The molecule has 0 atom stereocenters. The molecule has 0 saturated carbocycles. The summed E-state index contributed by atoms with van der Waals surface area (Å²) < 4.78 is 0. The molecule has 0 unspecified atom stereocenters. The Balaban J connectivity index is 2.23. The Kier molecular flexibility index (Phi) is 4.71. The molecule has 2 rings (SSSR count). The van der Waals surface area contributed by atoms with E-state index in [0.29, 0.717) is 35.1 Å². The van der Waals surface area contributed by atoms with Crippen molar-refractivity contribution in [2.75, 3.05) is 0 Å². The average molecular weight is 297 g/mol. The Bertz CT molecular complexity index is 708. The van der Waals surface area contributed by atoms with E-state index in [0.717, 1.165) is 5.57 Å². The van der Waals surface area contributed by atoms with Gasteiger partial charge >= 0.3 is 0 Å². The number of fused-ring (bicyclic) bond motifs is 1. The molecule has 0 N–H and O–H groups in total. The molecule has 0 saturated heterocycles. The van der Waals surface area contributed by atoms with Crippen molar-refractivity contribution in [3.8, 4) is 0 Å². The van der Waals surface area contributed by atoms with Gasteiger partial charge in [0.2, 0.25) is 0 Å². The maximum Gasteiger partial charge on any atom is 0.190 e. The summed E-state index contributed by atoms with van der Waals surface area (Å²) in [5.74, 6) is -1.34. The van der Waals surface area contributed by atoms with Gasteiger partial charge < -0.3 is 9.90 Å². The van der Waals surface area contributed by atoms with Crippen molar-refractivity contribution in [1.29, 1.82) is 0 Å². The van der Waals surface area contributed by atoms with Gasteiger partial charge in [0.25, 0.3) is 0 Å². The highest BCUT2D eigenvalue weighted by Gasteiger charge is 2.28. The maximum atomic E-state index is 12.5. The fourth-order valence-corrected chi connectivity index (χ4v) is 2.47. The summed E-state index contributed by atoms with van der Waals surface area (Å²) >= 11 is 0. The number of allylic oxidation sites excluding steroid dienone is 4. The lowest BCUT2D eigenvalue weighted by molar-refractivity contribution is -0.305. The predicted molar refractivity (Wildman–Crippen MR) is 80.4 cm³/mol. The quantitative estimate of drug-likeness (QED) is 0.781. The summed E-state index contributed by atoms with van der Waals surface area (Å²) in [6, 6.07) is 6.81. The minimum Gasteiger partial charge on any atom is -0.550 e. The molecule has 1 aliphatic carbocycles. The van der Waals surface area contributed by atoms with Gasteiger partial charge in [-0.15, -0.1) is 0 Å². The molecule has 1 aromatic carbocycles. The van der Waals surface area contributed by atoms with Gasteiger partial charge in [-0.3, -0.25) is 9.59 Å². The van der Waals surface area contributed by atoms with E-state index < -0.39 is 5.97 Å². The van der Waals surface area contributed by atoms with Crippen LogP contribution in [-0.4, -0.2) is 17.5 Å². The van der Waals surface area contributed by atoms with E-state index in [1.807, 2.05) is 6.92 Å². The van der Waals surface area contributed by atoms with Crippen LogP contribution in [0.1, 0.15) is 53.8 Å². The number of carboxylic acids is 1. The molecule has 0 aromatic heterocycles. The van der Waals surface area contributed by atoms with Crippen LogP contribution in [0.25, 0.3) is 0 Å². The summed E-state index contributed by atoms with van der Waals surface area (Å²) in [7, 11) is 0. The monoisotopic (exact) mass is 297 g/mol. The molecule has 0 spiro atoms. The number of aliphatic carboxylic acids is 1.